The van der Waals surface area contributed by atoms with Gasteiger partial charge in [-0.25, -0.2) is 0 Å². The summed E-state index contributed by atoms with van der Waals surface area (Å²) in [6.07, 6.45) is 6.93. The van der Waals surface area contributed by atoms with E-state index in [1.807, 2.05) is 12.2 Å². The van der Waals surface area contributed by atoms with Gasteiger partial charge in [-0.1, -0.05) is 0 Å². The van der Waals surface area contributed by atoms with Gasteiger partial charge in [-0.2, -0.15) is 0 Å². The zero-order valence-electron chi connectivity index (χ0n) is 3.22. The third-order valence-electron chi connectivity index (χ3n) is 0.486. The van der Waals surface area contributed by atoms with Crippen molar-refractivity contribution in [2.24, 2.45) is 0 Å². The van der Waals surface area contributed by atoms with Gasteiger partial charge in [0.25, 0.3) is 0 Å². The Bertz CT molecular complexity index is 61.9. The standard InChI is InChI=1S/C5H4Te/c1-2-4-6-5-3-1/h2-5H. The molecule has 0 aliphatic carbocycles. The van der Waals surface area contributed by atoms with E-state index >= 15 is 0 Å². The Morgan fingerprint density at radius 2 is 1.83 bits per heavy atom. The van der Waals surface area contributed by atoms with Crippen LogP contribution in [0.1, 0.15) is 0 Å². The van der Waals surface area contributed by atoms with Crippen LogP contribution in [-0.4, -0.2) is 20.9 Å². The van der Waals surface area contributed by atoms with E-state index in [1.165, 1.54) is 0 Å². The van der Waals surface area contributed by atoms with E-state index in [1.54, 1.807) is 0 Å². The van der Waals surface area contributed by atoms with Crippen LogP contribution in [0.4, 0.5) is 0 Å². The first-order valence-electron chi connectivity index (χ1n) is 1.72. The molecule has 0 fully saturated rings. The molecule has 0 nitrogen and oxygen atoms in total. The molecule has 0 bridgehead atoms. The Morgan fingerprint density at radius 1 is 1.17 bits per heavy atom. The second-order valence-electron chi connectivity index (χ2n) is 0.908. The molecule has 2 radical (unpaired) electrons. The van der Waals surface area contributed by atoms with Gasteiger partial charge in [0.05, 0.1) is 0 Å². The van der Waals surface area contributed by atoms with E-state index in [0.717, 1.165) is 0 Å². The number of allylic oxidation sites excluding steroid dienone is 2. The van der Waals surface area contributed by atoms with E-state index in [4.69, 9.17) is 0 Å². The van der Waals surface area contributed by atoms with Crippen molar-refractivity contribution in [2.45, 2.75) is 0 Å². The van der Waals surface area contributed by atoms with Crippen LogP contribution in [0, 0.1) is 6.42 Å². The third kappa shape index (κ3) is 1.16. The van der Waals surface area contributed by atoms with E-state index in [-0.39, 0.29) is 20.9 Å². The van der Waals surface area contributed by atoms with Gasteiger partial charge in [-0.05, 0) is 0 Å². The molecular weight excluding hydrogens is 188 g/mol. The van der Waals surface area contributed by atoms with E-state index in [2.05, 4.69) is 14.7 Å². The van der Waals surface area contributed by atoms with Gasteiger partial charge >= 0.3 is 47.7 Å². The third-order valence-corrected chi connectivity index (χ3v) is 2.16. The molecule has 30 valence electrons. The topological polar surface area (TPSA) is 0 Å². The predicted octanol–water partition coefficient (Wildman–Crippen LogP) is 0.813. The van der Waals surface area contributed by atoms with Gasteiger partial charge in [0, 0.05) is 0 Å². The fourth-order valence-corrected chi connectivity index (χ4v) is 1.41. The van der Waals surface area contributed by atoms with E-state index in [9.17, 15) is 0 Å². The van der Waals surface area contributed by atoms with Crippen molar-refractivity contribution in [3.63, 3.8) is 0 Å². The van der Waals surface area contributed by atoms with Gasteiger partial charge in [-0.15, -0.1) is 0 Å². The quantitative estimate of drug-likeness (QED) is 0.498. The van der Waals surface area contributed by atoms with Crippen molar-refractivity contribution in [3.05, 3.63) is 26.8 Å². The number of hydrogen-bond donors (Lipinski definition) is 0. The Kier molecular flexibility index (Phi) is 1.80. The van der Waals surface area contributed by atoms with Crippen LogP contribution in [0.5, 0.6) is 0 Å². The second kappa shape index (κ2) is 2.44. The van der Waals surface area contributed by atoms with Crippen LogP contribution in [0.3, 0.4) is 0 Å². The first-order valence-corrected chi connectivity index (χ1v) is 4.41. The van der Waals surface area contributed by atoms with Gasteiger partial charge < -0.3 is 0 Å². The summed E-state index contributed by atoms with van der Waals surface area (Å²) in [5.41, 5.74) is 0. The zero-order chi connectivity index (χ0) is 4.24. The van der Waals surface area contributed by atoms with Crippen LogP contribution in [0.2, 0.25) is 0 Å². The fourth-order valence-electron chi connectivity index (χ4n) is 0.258. The van der Waals surface area contributed by atoms with Gasteiger partial charge in [-0.3, -0.25) is 0 Å². The molecule has 1 heterocycles. The minimum atomic E-state index is 0.148. The molecule has 0 amide bonds. The average Bonchev–Trinajstić information content (AvgIpc) is 1.72. The molecule has 0 aromatic heterocycles. The fraction of sp³-hybridized carbons (Fsp3) is 0. The zero-order valence-corrected chi connectivity index (χ0v) is 5.55. The molecule has 1 heteroatoms. The molecule has 0 N–H and O–H groups in total. The molecule has 1 aliphatic heterocycles. The van der Waals surface area contributed by atoms with E-state index in [0.29, 0.717) is 0 Å². The van der Waals surface area contributed by atoms with Crippen molar-refractivity contribution in [1.29, 1.82) is 0 Å². The second-order valence-corrected chi connectivity index (χ2v) is 3.24. The van der Waals surface area contributed by atoms with E-state index < -0.39 is 0 Å². The summed E-state index contributed by atoms with van der Waals surface area (Å²) < 4.78 is 4.40. The molecule has 6 heavy (non-hydrogen) atoms. The molecule has 0 unspecified atom stereocenters. The average molecular weight is 192 g/mol. The maximum absolute atomic E-state index is 2.96. The van der Waals surface area contributed by atoms with Crippen molar-refractivity contribution >= 4 is 20.9 Å². The monoisotopic (exact) mass is 194 g/mol. The molecule has 1 rings (SSSR count). The van der Waals surface area contributed by atoms with Crippen LogP contribution in [0.25, 0.3) is 0 Å². The molecule has 0 aromatic rings. The molecule has 0 saturated carbocycles. The molecule has 0 saturated heterocycles. The van der Waals surface area contributed by atoms with Gasteiger partial charge in [0.2, 0.25) is 0 Å². The summed E-state index contributed by atoms with van der Waals surface area (Å²) in [5, 5.41) is 0. The summed E-state index contributed by atoms with van der Waals surface area (Å²) in [4.78, 5) is 0. The number of hydrogen-bond acceptors (Lipinski definition) is 0. The van der Waals surface area contributed by atoms with Crippen LogP contribution < -0.4 is 0 Å². The normalized spacial score (nSPS) is 18.7. The van der Waals surface area contributed by atoms with Crippen LogP contribution in [0.15, 0.2) is 20.4 Å². The predicted molar refractivity (Wildman–Crippen MR) is 27.3 cm³/mol. The first kappa shape index (κ1) is 4.43. The molecule has 0 aromatic carbocycles. The summed E-state index contributed by atoms with van der Waals surface area (Å²) in [5.74, 6) is 0. The minimum absolute atomic E-state index is 0.148. The number of rotatable bonds is 0. The molecular formula is C5H4Te. The Balaban J connectivity index is 2.40. The maximum atomic E-state index is 2.96. The summed E-state index contributed by atoms with van der Waals surface area (Å²) in [6, 6.07) is 0. The van der Waals surface area contributed by atoms with Crippen molar-refractivity contribution in [1.82, 2.24) is 0 Å². The van der Waals surface area contributed by atoms with Crippen molar-refractivity contribution < 1.29 is 0 Å². The van der Waals surface area contributed by atoms with Gasteiger partial charge in [0.15, 0.2) is 0 Å². The molecule has 0 spiro atoms. The summed E-state index contributed by atoms with van der Waals surface area (Å²) in [7, 11) is 0. The summed E-state index contributed by atoms with van der Waals surface area (Å²) in [6.45, 7) is 0. The van der Waals surface area contributed by atoms with Crippen LogP contribution in [-0.2, 0) is 0 Å². The Labute approximate surface area is 48.0 Å². The first-order chi connectivity index (χ1) is 3.00. The van der Waals surface area contributed by atoms with Gasteiger partial charge in [0.1, 0.15) is 0 Å². The molecule has 0 atom stereocenters. The Hall–Kier alpha value is 0.270. The summed E-state index contributed by atoms with van der Waals surface area (Å²) >= 11 is 0.148. The van der Waals surface area contributed by atoms with Crippen molar-refractivity contribution in [2.75, 3.05) is 0 Å². The molecule has 1 aliphatic rings. The van der Waals surface area contributed by atoms with Crippen LogP contribution >= 0.6 is 0 Å². The SMILES string of the molecule is [C]1C=C[Te]C=C1. The van der Waals surface area contributed by atoms with Crippen molar-refractivity contribution in [3.8, 4) is 0 Å². The Morgan fingerprint density at radius 3 is 2.00 bits per heavy atom.